The second-order valence-electron chi connectivity index (χ2n) is 3.77. The van der Waals surface area contributed by atoms with Gasteiger partial charge in [0.15, 0.2) is 0 Å². The number of hydrogen-bond acceptors (Lipinski definition) is 3. The molecule has 0 amide bonds. The van der Waals surface area contributed by atoms with Crippen molar-refractivity contribution in [2.24, 2.45) is 0 Å². The third-order valence-corrected chi connectivity index (χ3v) is 5.17. The molecule has 0 fully saturated rings. The Morgan fingerprint density at radius 1 is 1.33 bits per heavy atom. The first-order valence-electron chi connectivity index (χ1n) is 5.09. The molecule has 98 valence electrons. The molecule has 1 aromatic rings. The van der Waals surface area contributed by atoms with Crippen LogP contribution in [-0.4, -0.2) is 26.3 Å². The quantitative estimate of drug-likeness (QED) is 0.859. The summed E-state index contributed by atoms with van der Waals surface area (Å²) in [6.45, 7) is 1.82. The highest BCUT2D eigenvalue weighted by molar-refractivity contribution is 7.89. The number of nitrogens with zero attached hydrogens (tertiary/aromatic N) is 2. The van der Waals surface area contributed by atoms with Gasteiger partial charge in [-0.05, 0) is 24.6 Å². The van der Waals surface area contributed by atoms with Crippen molar-refractivity contribution in [1.82, 2.24) is 4.31 Å². The molecule has 0 N–H and O–H groups in total. The molecule has 0 atom stereocenters. The third-order valence-electron chi connectivity index (χ3n) is 2.44. The Kier molecular flexibility index (Phi) is 5.00. The standard InChI is InChI=1S/C11H12Cl2N2O2S/c1-8-6-11(10(13)7-9(8)12)18(16,17)15(2)5-3-4-14/h6-7H,3,5H2,1-2H3. The first-order valence-corrected chi connectivity index (χ1v) is 7.29. The molecular formula is C11H12Cl2N2O2S. The van der Waals surface area contributed by atoms with Crippen LogP contribution in [0.15, 0.2) is 17.0 Å². The third kappa shape index (κ3) is 3.15. The van der Waals surface area contributed by atoms with E-state index in [9.17, 15) is 8.42 Å². The molecule has 0 saturated heterocycles. The van der Waals surface area contributed by atoms with Gasteiger partial charge in [-0.1, -0.05) is 23.2 Å². The van der Waals surface area contributed by atoms with E-state index in [1.165, 1.54) is 19.2 Å². The van der Waals surface area contributed by atoms with Gasteiger partial charge in [0.25, 0.3) is 0 Å². The Bertz CT molecular complexity index is 594. The fourth-order valence-electron chi connectivity index (χ4n) is 1.32. The van der Waals surface area contributed by atoms with Crippen LogP contribution in [0, 0.1) is 18.3 Å². The molecule has 0 bridgehead atoms. The highest BCUT2D eigenvalue weighted by Crippen LogP contribution is 2.29. The number of hydrogen-bond donors (Lipinski definition) is 0. The topological polar surface area (TPSA) is 61.2 Å². The van der Waals surface area contributed by atoms with E-state index in [4.69, 9.17) is 28.5 Å². The van der Waals surface area contributed by atoms with Crippen molar-refractivity contribution in [2.45, 2.75) is 18.2 Å². The molecule has 0 radical (unpaired) electrons. The lowest BCUT2D eigenvalue weighted by Gasteiger charge is -2.17. The van der Waals surface area contributed by atoms with Crippen LogP contribution in [0.3, 0.4) is 0 Å². The summed E-state index contributed by atoms with van der Waals surface area (Å²) < 4.78 is 25.5. The van der Waals surface area contributed by atoms with E-state index in [0.717, 1.165) is 4.31 Å². The van der Waals surface area contributed by atoms with Crippen molar-refractivity contribution in [3.63, 3.8) is 0 Å². The van der Waals surface area contributed by atoms with Crippen LogP contribution >= 0.6 is 23.2 Å². The fourth-order valence-corrected chi connectivity index (χ4v) is 3.30. The summed E-state index contributed by atoms with van der Waals surface area (Å²) in [5, 5.41) is 8.97. The van der Waals surface area contributed by atoms with Crippen molar-refractivity contribution in [2.75, 3.05) is 13.6 Å². The first-order chi connectivity index (χ1) is 8.30. The predicted octanol–water partition coefficient (Wildman–Crippen LogP) is 2.84. The highest BCUT2D eigenvalue weighted by Gasteiger charge is 2.24. The summed E-state index contributed by atoms with van der Waals surface area (Å²) >= 11 is 11.8. The fraction of sp³-hybridized carbons (Fsp3) is 0.364. The molecule has 18 heavy (non-hydrogen) atoms. The molecule has 0 aromatic heterocycles. The average Bonchev–Trinajstić information content (AvgIpc) is 2.30. The molecule has 0 heterocycles. The molecule has 1 aromatic carbocycles. The SMILES string of the molecule is Cc1cc(S(=O)(=O)N(C)CCC#N)c(Cl)cc1Cl. The second-order valence-corrected chi connectivity index (χ2v) is 6.59. The molecule has 1 rings (SSSR count). The zero-order valence-electron chi connectivity index (χ0n) is 9.94. The minimum absolute atomic E-state index is 0.00602. The van der Waals surface area contributed by atoms with Gasteiger partial charge >= 0.3 is 0 Å². The van der Waals surface area contributed by atoms with Crippen molar-refractivity contribution < 1.29 is 8.42 Å². The monoisotopic (exact) mass is 306 g/mol. The van der Waals surface area contributed by atoms with Gasteiger partial charge in [-0.15, -0.1) is 0 Å². The molecule has 0 aliphatic rings. The predicted molar refractivity (Wildman–Crippen MR) is 71.2 cm³/mol. The van der Waals surface area contributed by atoms with E-state index in [0.29, 0.717) is 10.6 Å². The van der Waals surface area contributed by atoms with Crippen LogP contribution in [0.2, 0.25) is 10.0 Å². The van der Waals surface area contributed by atoms with E-state index in [1.807, 2.05) is 6.07 Å². The Labute approximate surface area is 117 Å². The van der Waals surface area contributed by atoms with Crippen molar-refractivity contribution in [1.29, 1.82) is 5.26 Å². The van der Waals surface area contributed by atoms with Gasteiger partial charge in [0.05, 0.1) is 11.1 Å². The van der Waals surface area contributed by atoms with Gasteiger partial charge in [-0.25, -0.2) is 8.42 Å². The molecule has 0 aliphatic carbocycles. The Morgan fingerprint density at radius 2 is 1.94 bits per heavy atom. The lowest BCUT2D eigenvalue weighted by molar-refractivity contribution is 0.476. The van der Waals surface area contributed by atoms with Gasteiger partial charge in [-0.3, -0.25) is 0 Å². The Hall–Kier alpha value is -0.800. The van der Waals surface area contributed by atoms with Crippen LogP contribution < -0.4 is 0 Å². The number of halogens is 2. The Morgan fingerprint density at radius 3 is 2.50 bits per heavy atom. The summed E-state index contributed by atoms with van der Waals surface area (Å²) in [5.74, 6) is 0. The van der Waals surface area contributed by atoms with Gasteiger partial charge in [0, 0.05) is 25.0 Å². The number of rotatable bonds is 4. The zero-order chi connectivity index (χ0) is 13.9. The molecule has 0 aliphatic heterocycles. The lowest BCUT2D eigenvalue weighted by atomic mass is 10.2. The van der Waals surface area contributed by atoms with Gasteiger partial charge in [-0.2, -0.15) is 9.57 Å². The maximum absolute atomic E-state index is 12.2. The average molecular weight is 307 g/mol. The summed E-state index contributed by atoms with van der Waals surface area (Å²) in [7, 11) is -2.28. The summed E-state index contributed by atoms with van der Waals surface area (Å²) in [6.07, 6.45) is 0.125. The van der Waals surface area contributed by atoms with Gasteiger partial charge in [0.1, 0.15) is 4.90 Å². The minimum atomic E-state index is -3.69. The van der Waals surface area contributed by atoms with Crippen LogP contribution in [0.4, 0.5) is 0 Å². The smallest absolute Gasteiger partial charge is 0.207 e. The normalized spacial score (nSPS) is 11.6. The lowest BCUT2D eigenvalue weighted by Crippen LogP contribution is -2.28. The van der Waals surface area contributed by atoms with Gasteiger partial charge in [0.2, 0.25) is 10.0 Å². The van der Waals surface area contributed by atoms with Crippen molar-refractivity contribution in [3.05, 3.63) is 27.7 Å². The zero-order valence-corrected chi connectivity index (χ0v) is 12.3. The van der Waals surface area contributed by atoms with E-state index in [-0.39, 0.29) is 22.9 Å². The van der Waals surface area contributed by atoms with Crippen LogP contribution in [-0.2, 0) is 10.0 Å². The number of nitriles is 1. The Balaban J connectivity index is 3.21. The van der Waals surface area contributed by atoms with Crippen LogP contribution in [0.25, 0.3) is 0 Å². The van der Waals surface area contributed by atoms with Crippen molar-refractivity contribution in [3.8, 4) is 6.07 Å². The molecular weight excluding hydrogens is 295 g/mol. The maximum atomic E-state index is 12.2. The van der Waals surface area contributed by atoms with E-state index in [2.05, 4.69) is 0 Å². The molecule has 0 saturated carbocycles. The highest BCUT2D eigenvalue weighted by atomic mass is 35.5. The molecule has 7 heteroatoms. The van der Waals surface area contributed by atoms with E-state index in [1.54, 1.807) is 6.92 Å². The van der Waals surface area contributed by atoms with Crippen LogP contribution in [0.5, 0.6) is 0 Å². The molecule has 0 unspecified atom stereocenters. The maximum Gasteiger partial charge on any atom is 0.244 e. The van der Waals surface area contributed by atoms with E-state index >= 15 is 0 Å². The van der Waals surface area contributed by atoms with E-state index < -0.39 is 10.0 Å². The number of sulfonamides is 1. The molecule has 0 spiro atoms. The second kappa shape index (κ2) is 5.89. The van der Waals surface area contributed by atoms with Crippen molar-refractivity contribution >= 4 is 33.2 Å². The largest absolute Gasteiger partial charge is 0.244 e. The molecule has 4 nitrogen and oxygen atoms in total. The summed E-state index contributed by atoms with van der Waals surface area (Å²) in [4.78, 5) is 0.00602. The van der Waals surface area contributed by atoms with Gasteiger partial charge < -0.3 is 0 Å². The number of benzene rings is 1. The minimum Gasteiger partial charge on any atom is -0.207 e. The summed E-state index contributed by atoms with van der Waals surface area (Å²) in [5.41, 5.74) is 0.633. The number of aryl methyl sites for hydroxylation is 1. The summed E-state index contributed by atoms with van der Waals surface area (Å²) in [6, 6.07) is 4.74. The first kappa shape index (κ1) is 15.3. The van der Waals surface area contributed by atoms with Crippen LogP contribution in [0.1, 0.15) is 12.0 Å².